The number of nitrogens with one attached hydrogen (secondary N) is 1. The van der Waals surface area contributed by atoms with E-state index in [1.807, 2.05) is 11.8 Å². The van der Waals surface area contributed by atoms with Gasteiger partial charge in [-0.25, -0.2) is 9.18 Å². The first-order valence-electron chi connectivity index (χ1n) is 8.06. The van der Waals surface area contributed by atoms with Crippen molar-refractivity contribution < 1.29 is 14.3 Å². The van der Waals surface area contributed by atoms with Crippen LogP contribution in [0.1, 0.15) is 43.4 Å². The van der Waals surface area contributed by atoms with Crippen molar-refractivity contribution in [3.8, 4) is 0 Å². The van der Waals surface area contributed by atoms with E-state index in [4.69, 9.17) is 0 Å². The average Bonchev–Trinajstić information content (AvgIpc) is 2.89. The third-order valence-corrected chi connectivity index (χ3v) is 4.99. The Kier molecular flexibility index (Phi) is 4.34. The zero-order valence-corrected chi connectivity index (χ0v) is 12.9. The molecule has 2 N–H and O–H groups in total. The normalized spacial score (nSPS) is 23.2. The highest BCUT2D eigenvalue weighted by Crippen LogP contribution is 2.32. The molecule has 2 atom stereocenters. The van der Waals surface area contributed by atoms with E-state index in [0.717, 1.165) is 36.8 Å². The number of aliphatic hydroxyl groups excluding tert-OH is 1. The number of piperidine rings is 1. The highest BCUT2D eigenvalue weighted by Gasteiger charge is 2.29. The van der Waals surface area contributed by atoms with Crippen LogP contribution in [0.5, 0.6) is 0 Å². The summed E-state index contributed by atoms with van der Waals surface area (Å²) >= 11 is 0. The zero-order valence-electron chi connectivity index (χ0n) is 12.9. The highest BCUT2D eigenvalue weighted by molar-refractivity contribution is 5.75. The average molecular weight is 306 g/mol. The van der Waals surface area contributed by atoms with Gasteiger partial charge in [-0.3, -0.25) is 0 Å². The molecule has 4 nitrogen and oxygen atoms in total. The zero-order chi connectivity index (χ0) is 15.7. The second kappa shape index (κ2) is 6.24. The fourth-order valence-corrected chi connectivity index (χ4v) is 3.56. The van der Waals surface area contributed by atoms with E-state index in [1.54, 1.807) is 12.1 Å². The minimum Gasteiger partial charge on any atom is -0.393 e. The Morgan fingerprint density at radius 1 is 1.36 bits per heavy atom. The molecule has 0 spiro atoms. The first kappa shape index (κ1) is 15.3. The van der Waals surface area contributed by atoms with E-state index >= 15 is 0 Å². The molecule has 1 heterocycles. The standard InChI is InChI=1S/C17H23FN2O2/c1-11(21)12-6-8-20(9-7-12)17(22)19-16-5-2-13-10-14(18)3-4-15(13)16/h3-4,10-12,16,21H,2,5-9H2,1H3,(H,19,22). The SMILES string of the molecule is CC(O)C1CCN(C(=O)NC2CCc3cc(F)ccc32)CC1. The maximum atomic E-state index is 13.2. The topological polar surface area (TPSA) is 52.6 Å². The number of rotatable bonds is 2. The molecular weight excluding hydrogens is 283 g/mol. The van der Waals surface area contributed by atoms with Crippen molar-refractivity contribution in [2.45, 2.75) is 44.8 Å². The van der Waals surface area contributed by atoms with Crippen LogP contribution in [0.3, 0.4) is 0 Å². The number of aryl methyl sites for hydroxylation is 1. The Labute approximate surface area is 130 Å². The maximum Gasteiger partial charge on any atom is 0.317 e. The van der Waals surface area contributed by atoms with Crippen LogP contribution in [0.2, 0.25) is 0 Å². The molecule has 22 heavy (non-hydrogen) atoms. The molecule has 0 radical (unpaired) electrons. The molecule has 0 aromatic heterocycles. The van der Waals surface area contributed by atoms with Gasteiger partial charge in [0, 0.05) is 13.1 Å². The minimum atomic E-state index is -0.304. The summed E-state index contributed by atoms with van der Waals surface area (Å²) in [6.07, 6.45) is 3.02. The van der Waals surface area contributed by atoms with Crippen LogP contribution >= 0.6 is 0 Å². The van der Waals surface area contributed by atoms with Gasteiger partial charge in [0.1, 0.15) is 5.82 Å². The van der Waals surface area contributed by atoms with E-state index in [0.29, 0.717) is 19.0 Å². The summed E-state index contributed by atoms with van der Waals surface area (Å²) in [6, 6.07) is 4.74. The number of hydrogen-bond acceptors (Lipinski definition) is 2. The molecule has 2 amide bonds. The van der Waals surface area contributed by atoms with Gasteiger partial charge in [-0.2, -0.15) is 0 Å². The number of halogens is 1. The molecule has 1 aromatic carbocycles. The molecule has 2 unspecified atom stereocenters. The molecule has 5 heteroatoms. The van der Waals surface area contributed by atoms with Gasteiger partial charge in [0.05, 0.1) is 12.1 Å². The summed E-state index contributed by atoms with van der Waals surface area (Å²) in [6.45, 7) is 3.18. The molecule has 0 saturated carbocycles. The van der Waals surface area contributed by atoms with Gasteiger partial charge in [0.2, 0.25) is 0 Å². The molecule has 120 valence electrons. The Hall–Kier alpha value is -1.62. The fourth-order valence-electron chi connectivity index (χ4n) is 3.56. The smallest absolute Gasteiger partial charge is 0.317 e. The lowest BCUT2D eigenvalue weighted by atomic mass is 9.92. The second-order valence-corrected chi connectivity index (χ2v) is 6.45. The monoisotopic (exact) mass is 306 g/mol. The molecule has 3 rings (SSSR count). The summed E-state index contributed by atoms with van der Waals surface area (Å²) in [4.78, 5) is 14.2. The summed E-state index contributed by atoms with van der Waals surface area (Å²) < 4.78 is 13.2. The number of hydrogen-bond donors (Lipinski definition) is 2. The van der Waals surface area contributed by atoms with Crippen LogP contribution in [0.15, 0.2) is 18.2 Å². The number of amides is 2. The molecule has 1 saturated heterocycles. The largest absolute Gasteiger partial charge is 0.393 e. The quantitative estimate of drug-likeness (QED) is 0.882. The number of fused-ring (bicyclic) bond motifs is 1. The van der Waals surface area contributed by atoms with Gasteiger partial charge in [-0.15, -0.1) is 0 Å². The van der Waals surface area contributed by atoms with E-state index in [2.05, 4.69) is 5.32 Å². The first-order chi connectivity index (χ1) is 10.5. The summed E-state index contributed by atoms with van der Waals surface area (Å²) in [5.41, 5.74) is 2.03. The molecule has 2 aliphatic rings. The number of aliphatic hydroxyl groups is 1. The predicted octanol–water partition coefficient (Wildman–Crippen LogP) is 2.62. The Morgan fingerprint density at radius 3 is 2.77 bits per heavy atom. The lowest BCUT2D eigenvalue weighted by Gasteiger charge is -2.34. The van der Waals surface area contributed by atoms with E-state index in [-0.39, 0.29) is 24.0 Å². The minimum absolute atomic E-state index is 0.0161. The van der Waals surface area contributed by atoms with Crippen LogP contribution < -0.4 is 5.32 Å². The van der Waals surface area contributed by atoms with Crippen molar-refractivity contribution in [2.24, 2.45) is 5.92 Å². The van der Waals surface area contributed by atoms with Crippen molar-refractivity contribution in [3.05, 3.63) is 35.1 Å². The third-order valence-electron chi connectivity index (χ3n) is 4.99. The first-order valence-corrected chi connectivity index (χ1v) is 8.06. The molecule has 1 aromatic rings. The lowest BCUT2D eigenvalue weighted by molar-refractivity contribution is 0.0793. The predicted molar refractivity (Wildman–Crippen MR) is 82.0 cm³/mol. The van der Waals surface area contributed by atoms with Crippen LogP contribution in [0, 0.1) is 11.7 Å². The van der Waals surface area contributed by atoms with Gasteiger partial charge in [0.15, 0.2) is 0 Å². The second-order valence-electron chi connectivity index (χ2n) is 6.45. The number of carbonyl (C=O) groups excluding carboxylic acids is 1. The van der Waals surface area contributed by atoms with E-state index in [9.17, 15) is 14.3 Å². The number of likely N-dealkylation sites (tertiary alicyclic amines) is 1. The van der Waals surface area contributed by atoms with Gasteiger partial charge < -0.3 is 15.3 Å². The number of carbonyl (C=O) groups is 1. The van der Waals surface area contributed by atoms with Crippen LogP contribution in [0.25, 0.3) is 0 Å². The van der Waals surface area contributed by atoms with Crippen molar-refractivity contribution in [3.63, 3.8) is 0 Å². The molecule has 1 aliphatic carbocycles. The fraction of sp³-hybridized carbons (Fsp3) is 0.588. The van der Waals surface area contributed by atoms with Crippen molar-refractivity contribution in [1.82, 2.24) is 10.2 Å². The van der Waals surface area contributed by atoms with E-state index < -0.39 is 0 Å². The van der Waals surface area contributed by atoms with Gasteiger partial charge in [-0.1, -0.05) is 6.07 Å². The number of benzene rings is 1. The van der Waals surface area contributed by atoms with E-state index in [1.165, 1.54) is 6.07 Å². The van der Waals surface area contributed by atoms with Crippen LogP contribution in [-0.4, -0.2) is 35.2 Å². The summed E-state index contributed by atoms with van der Waals surface area (Å²) in [7, 11) is 0. The lowest BCUT2D eigenvalue weighted by Crippen LogP contribution is -2.46. The van der Waals surface area contributed by atoms with Gasteiger partial charge >= 0.3 is 6.03 Å². The molecule has 1 aliphatic heterocycles. The molecule has 0 bridgehead atoms. The van der Waals surface area contributed by atoms with Gasteiger partial charge in [-0.05, 0) is 61.8 Å². The van der Waals surface area contributed by atoms with Crippen LogP contribution in [-0.2, 0) is 6.42 Å². The van der Waals surface area contributed by atoms with Crippen molar-refractivity contribution in [2.75, 3.05) is 13.1 Å². The summed E-state index contributed by atoms with van der Waals surface area (Å²) in [5.74, 6) is 0.0742. The van der Waals surface area contributed by atoms with Crippen molar-refractivity contribution >= 4 is 6.03 Å². The number of nitrogens with zero attached hydrogens (tertiary/aromatic N) is 1. The highest BCUT2D eigenvalue weighted by atomic mass is 19.1. The Balaban J connectivity index is 1.58. The molecular formula is C17H23FN2O2. The van der Waals surface area contributed by atoms with Crippen molar-refractivity contribution in [1.29, 1.82) is 0 Å². The van der Waals surface area contributed by atoms with Crippen LogP contribution in [0.4, 0.5) is 9.18 Å². The Morgan fingerprint density at radius 2 is 2.09 bits per heavy atom. The number of urea groups is 1. The van der Waals surface area contributed by atoms with Gasteiger partial charge in [0.25, 0.3) is 0 Å². The maximum absolute atomic E-state index is 13.2. The molecule has 1 fully saturated rings. The third kappa shape index (κ3) is 3.09. The summed E-state index contributed by atoms with van der Waals surface area (Å²) in [5, 5.41) is 12.7. The Bertz CT molecular complexity index is 554.